The second-order valence-corrected chi connectivity index (χ2v) is 7.25. The van der Waals surface area contributed by atoms with Gasteiger partial charge in [0.15, 0.2) is 0 Å². The lowest BCUT2D eigenvalue weighted by atomic mass is 9.65. The molecule has 106 valence electrons. The molecule has 1 aromatic heterocycles. The third kappa shape index (κ3) is 3.77. The summed E-state index contributed by atoms with van der Waals surface area (Å²) in [5, 5.41) is 0. The van der Waals surface area contributed by atoms with E-state index in [1.54, 1.807) is 0 Å². The van der Waals surface area contributed by atoms with E-state index in [0.717, 1.165) is 10.9 Å². The first-order valence-corrected chi connectivity index (χ1v) is 7.88. The summed E-state index contributed by atoms with van der Waals surface area (Å²) in [5.41, 5.74) is 4.66. The second kappa shape index (κ2) is 6.33. The van der Waals surface area contributed by atoms with E-state index < -0.39 is 0 Å². The molecule has 1 aromatic rings. The molecule has 2 rings (SSSR count). The molecule has 0 radical (unpaired) electrons. The molecule has 2 atom stereocenters. The van der Waals surface area contributed by atoms with Gasteiger partial charge in [0.05, 0.1) is 0 Å². The van der Waals surface area contributed by atoms with Gasteiger partial charge in [0.25, 0.3) is 0 Å². The van der Waals surface area contributed by atoms with Crippen molar-refractivity contribution in [2.45, 2.75) is 52.0 Å². The Balaban J connectivity index is 2.11. The van der Waals surface area contributed by atoms with Gasteiger partial charge in [-0.1, -0.05) is 26.7 Å². The first-order valence-electron chi connectivity index (χ1n) is 7.08. The zero-order valence-corrected chi connectivity index (χ0v) is 13.4. The summed E-state index contributed by atoms with van der Waals surface area (Å²) < 4.78 is 1.03. The average molecular weight is 326 g/mol. The van der Waals surface area contributed by atoms with Crippen LogP contribution in [0, 0.1) is 11.3 Å². The molecule has 0 amide bonds. The summed E-state index contributed by atoms with van der Waals surface area (Å²) >= 11 is 3.48. The molecule has 0 spiro atoms. The van der Waals surface area contributed by atoms with Gasteiger partial charge >= 0.3 is 0 Å². The number of hydrazine groups is 1. The van der Waals surface area contributed by atoms with Gasteiger partial charge in [-0.05, 0) is 58.2 Å². The molecular weight excluding hydrogens is 302 g/mol. The molecule has 1 saturated carbocycles. The Morgan fingerprint density at radius 1 is 1.47 bits per heavy atom. The Bertz CT molecular complexity index is 420. The molecule has 4 heteroatoms. The maximum atomic E-state index is 5.83. The van der Waals surface area contributed by atoms with Crippen LogP contribution in [0.15, 0.2) is 22.9 Å². The average Bonchev–Trinajstić information content (AvgIpc) is 2.36. The van der Waals surface area contributed by atoms with Crippen LogP contribution in [0.3, 0.4) is 0 Å². The molecule has 1 aliphatic rings. The van der Waals surface area contributed by atoms with E-state index in [0.29, 0.717) is 17.4 Å². The van der Waals surface area contributed by atoms with Gasteiger partial charge in [0.1, 0.15) is 0 Å². The lowest BCUT2D eigenvalue weighted by molar-refractivity contribution is 0.0981. The monoisotopic (exact) mass is 325 g/mol. The van der Waals surface area contributed by atoms with Crippen LogP contribution in [0.2, 0.25) is 0 Å². The third-order valence-corrected chi connectivity index (χ3v) is 4.94. The van der Waals surface area contributed by atoms with Crippen molar-refractivity contribution in [3.63, 3.8) is 0 Å². The molecule has 1 heterocycles. The first kappa shape index (κ1) is 14.9. The minimum Gasteiger partial charge on any atom is -0.271 e. The zero-order chi connectivity index (χ0) is 13.9. The number of halogens is 1. The number of nitrogens with one attached hydrogen (secondary N) is 1. The number of aromatic nitrogens is 1. The summed E-state index contributed by atoms with van der Waals surface area (Å²) in [7, 11) is 0. The quantitative estimate of drug-likeness (QED) is 0.658. The van der Waals surface area contributed by atoms with Crippen LogP contribution in [0.5, 0.6) is 0 Å². The van der Waals surface area contributed by atoms with E-state index >= 15 is 0 Å². The maximum Gasteiger partial charge on any atom is 0.0410 e. The van der Waals surface area contributed by atoms with Crippen LogP contribution in [0.25, 0.3) is 0 Å². The number of pyridine rings is 1. The summed E-state index contributed by atoms with van der Waals surface area (Å²) in [5.74, 6) is 6.46. The highest BCUT2D eigenvalue weighted by atomic mass is 79.9. The SMILES string of the molecule is CC1(C)CCCCC1C(Cc1cncc(Br)c1)NN. The van der Waals surface area contributed by atoms with Gasteiger partial charge in [-0.15, -0.1) is 0 Å². The van der Waals surface area contributed by atoms with Gasteiger partial charge in [-0.25, -0.2) is 0 Å². The second-order valence-electron chi connectivity index (χ2n) is 6.33. The van der Waals surface area contributed by atoms with E-state index in [9.17, 15) is 0 Å². The predicted octanol–water partition coefficient (Wildman–Crippen LogP) is 3.43. The summed E-state index contributed by atoms with van der Waals surface area (Å²) in [6.07, 6.45) is 9.93. The van der Waals surface area contributed by atoms with Crippen LogP contribution >= 0.6 is 15.9 Å². The van der Waals surface area contributed by atoms with Crippen molar-refractivity contribution in [1.29, 1.82) is 0 Å². The molecule has 1 fully saturated rings. The largest absolute Gasteiger partial charge is 0.271 e. The van der Waals surface area contributed by atoms with Gasteiger partial charge in [-0.2, -0.15) is 0 Å². The third-order valence-electron chi connectivity index (χ3n) is 4.51. The fraction of sp³-hybridized carbons (Fsp3) is 0.667. The lowest BCUT2D eigenvalue weighted by Crippen LogP contribution is -2.48. The minimum absolute atomic E-state index is 0.325. The van der Waals surface area contributed by atoms with Gasteiger partial charge in [0, 0.05) is 22.9 Å². The van der Waals surface area contributed by atoms with Crippen molar-refractivity contribution in [3.05, 3.63) is 28.5 Å². The zero-order valence-electron chi connectivity index (χ0n) is 11.8. The smallest absolute Gasteiger partial charge is 0.0410 e. The molecule has 0 bridgehead atoms. The molecule has 3 nitrogen and oxygen atoms in total. The van der Waals surface area contributed by atoms with Gasteiger partial charge in [-0.3, -0.25) is 16.3 Å². The Hall–Kier alpha value is -0.450. The number of nitrogens with zero attached hydrogens (tertiary/aromatic N) is 1. The van der Waals surface area contributed by atoms with Crippen molar-refractivity contribution < 1.29 is 0 Å². The molecule has 0 aliphatic heterocycles. The Labute approximate surface area is 124 Å². The Morgan fingerprint density at radius 2 is 2.26 bits per heavy atom. The fourth-order valence-corrected chi connectivity index (χ4v) is 3.82. The van der Waals surface area contributed by atoms with Crippen molar-refractivity contribution >= 4 is 15.9 Å². The number of hydrogen-bond donors (Lipinski definition) is 2. The highest BCUT2D eigenvalue weighted by Gasteiger charge is 2.37. The summed E-state index contributed by atoms with van der Waals surface area (Å²) in [6, 6.07) is 2.46. The first-order chi connectivity index (χ1) is 9.03. The number of hydrogen-bond acceptors (Lipinski definition) is 3. The van der Waals surface area contributed by atoms with E-state index in [-0.39, 0.29) is 0 Å². The number of rotatable bonds is 4. The van der Waals surface area contributed by atoms with Crippen molar-refractivity contribution in [2.75, 3.05) is 0 Å². The topological polar surface area (TPSA) is 50.9 Å². The fourth-order valence-electron chi connectivity index (χ4n) is 3.41. The lowest BCUT2D eigenvalue weighted by Gasteiger charge is -2.43. The number of nitrogens with two attached hydrogens (primary N) is 1. The predicted molar refractivity (Wildman–Crippen MR) is 82.5 cm³/mol. The molecule has 0 saturated heterocycles. The summed E-state index contributed by atoms with van der Waals surface area (Å²) in [4.78, 5) is 4.24. The molecule has 19 heavy (non-hydrogen) atoms. The highest BCUT2D eigenvalue weighted by molar-refractivity contribution is 9.10. The van der Waals surface area contributed by atoms with Crippen LogP contribution in [-0.2, 0) is 6.42 Å². The van der Waals surface area contributed by atoms with E-state index in [2.05, 4.69) is 46.3 Å². The Morgan fingerprint density at radius 3 is 2.89 bits per heavy atom. The van der Waals surface area contributed by atoms with Crippen LogP contribution in [0.1, 0.15) is 45.1 Å². The standard InChI is InChI=1S/C15H24BrN3/c1-15(2)6-4-3-5-13(15)14(19-17)8-11-7-12(16)10-18-9-11/h7,9-10,13-14,19H,3-6,8,17H2,1-2H3. The van der Waals surface area contributed by atoms with Gasteiger partial charge < -0.3 is 0 Å². The molecule has 2 unspecified atom stereocenters. The van der Waals surface area contributed by atoms with Crippen LogP contribution in [-0.4, -0.2) is 11.0 Å². The van der Waals surface area contributed by atoms with E-state index in [4.69, 9.17) is 5.84 Å². The summed E-state index contributed by atoms with van der Waals surface area (Å²) in [6.45, 7) is 4.75. The van der Waals surface area contributed by atoms with E-state index in [1.807, 2.05) is 12.4 Å². The van der Waals surface area contributed by atoms with Gasteiger partial charge in [0.2, 0.25) is 0 Å². The molecule has 3 N–H and O–H groups in total. The molecular formula is C15H24BrN3. The minimum atomic E-state index is 0.325. The van der Waals surface area contributed by atoms with Crippen molar-refractivity contribution in [1.82, 2.24) is 10.4 Å². The highest BCUT2D eigenvalue weighted by Crippen LogP contribution is 2.42. The van der Waals surface area contributed by atoms with Crippen molar-refractivity contribution in [3.8, 4) is 0 Å². The Kier molecular flexibility index (Phi) is 4.98. The normalized spacial score (nSPS) is 24.1. The maximum absolute atomic E-state index is 5.83. The van der Waals surface area contributed by atoms with E-state index in [1.165, 1.54) is 31.2 Å². The molecule has 0 aromatic carbocycles. The van der Waals surface area contributed by atoms with Crippen molar-refractivity contribution in [2.24, 2.45) is 17.2 Å². The van der Waals surface area contributed by atoms with Crippen LogP contribution < -0.4 is 11.3 Å². The molecule has 1 aliphatic carbocycles. The van der Waals surface area contributed by atoms with Crippen LogP contribution in [0.4, 0.5) is 0 Å².